The van der Waals surface area contributed by atoms with Gasteiger partial charge in [0.2, 0.25) is 5.91 Å². The highest BCUT2D eigenvalue weighted by Gasteiger charge is 2.32. The van der Waals surface area contributed by atoms with Crippen LogP contribution in [0, 0.1) is 12.8 Å². The number of carbonyl (C=O) groups is 2. The van der Waals surface area contributed by atoms with Crippen LogP contribution in [-0.2, 0) is 9.53 Å². The van der Waals surface area contributed by atoms with Gasteiger partial charge < -0.3 is 15.0 Å². The fourth-order valence-electron chi connectivity index (χ4n) is 2.89. The number of benzene rings is 1. The molecule has 1 aliphatic heterocycles. The molecule has 0 bridgehead atoms. The molecule has 1 N–H and O–H groups in total. The first kappa shape index (κ1) is 17.5. The molecule has 0 saturated carbocycles. The smallest absolute Gasteiger partial charge is 0.254 e. The van der Waals surface area contributed by atoms with Crippen LogP contribution in [0.25, 0.3) is 0 Å². The number of carbonyl (C=O) groups excluding carboxylic acids is 2. The highest BCUT2D eigenvalue weighted by molar-refractivity contribution is 5.95. The van der Waals surface area contributed by atoms with Gasteiger partial charge in [-0.1, -0.05) is 17.7 Å². The molecule has 2 amide bonds. The number of aryl methyl sites for hydroxylation is 1. The van der Waals surface area contributed by atoms with Gasteiger partial charge in [-0.05, 0) is 38.8 Å². The Morgan fingerprint density at radius 2 is 1.96 bits per heavy atom. The molecule has 0 spiro atoms. The number of rotatable bonds is 5. The highest BCUT2D eigenvalue weighted by atomic mass is 16.5. The SMILES string of the molecule is COCCNC(=O)[C@H]1CC[C@H](C)N(C(=O)c2ccc(C)cc2)C1. The van der Waals surface area contributed by atoms with Crippen molar-refractivity contribution in [3.63, 3.8) is 0 Å². The van der Waals surface area contributed by atoms with E-state index >= 15 is 0 Å². The minimum atomic E-state index is -0.141. The Kier molecular flexibility index (Phi) is 6.16. The molecule has 2 atom stereocenters. The molecule has 1 aliphatic rings. The molecule has 1 heterocycles. The first-order valence-corrected chi connectivity index (χ1v) is 8.17. The van der Waals surface area contributed by atoms with Crippen molar-refractivity contribution in [3.05, 3.63) is 35.4 Å². The molecule has 23 heavy (non-hydrogen) atoms. The van der Waals surface area contributed by atoms with Gasteiger partial charge in [0.1, 0.15) is 0 Å². The van der Waals surface area contributed by atoms with Gasteiger partial charge in [0.25, 0.3) is 5.91 Å². The van der Waals surface area contributed by atoms with Gasteiger partial charge in [0.05, 0.1) is 12.5 Å². The molecule has 0 aromatic heterocycles. The number of nitrogens with zero attached hydrogens (tertiary/aromatic N) is 1. The lowest BCUT2D eigenvalue weighted by Gasteiger charge is -2.37. The summed E-state index contributed by atoms with van der Waals surface area (Å²) in [6.45, 7) is 5.53. The summed E-state index contributed by atoms with van der Waals surface area (Å²) in [6, 6.07) is 7.75. The van der Waals surface area contributed by atoms with Crippen LogP contribution in [0.4, 0.5) is 0 Å². The van der Waals surface area contributed by atoms with E-state index in [4.69, 9.17) is 4.74 Å². The number of hydrogen-bond acceptors (Lipinski definition) is 3. The van der Waals surface area contributed by atoms with E-state index in [1.165, 1.54) is 0 Å². The summed E-state index contributed by atoms with van der Waals surface area (Å²) in [4.78, 5) is 26.8. The fraction of sp³-hybridized carbons (Fsp3) is 0.556. The second kappa shape index (κ2) is 8.11. The number of methoxy groups -OCH3 is 1. The molecule has 1 fully saturated rings. The van der Waals surface area contributed by atoms with Crippen LogP contribution in [0.1, 0.15) is 35.7 Å². The van der Waals surface area contributed by atoms with Gasteiger partial charge in [-0.3, -0.25) is 9.59 Å². The van der Waals surface area contributed by atoms with Crippen LogP contribution in [0.15, 0.2) is 24.3 Å². The van der Waals surface area contributed by atoms with Crippen molar-refractivity contribution in [1.29, 1.82) is 0 Å². The Morgan fingerprint density at radius 3 is 2.61 bits per heavy atom. The van der Waals surface area contributed by atoms with Crippen LogP contribution in [0.5, 0.6) is 0 Å². The van der Waals surface area contributed by atoms with Crippen molar-refractivity contribution >= 4 is 11.8 Å². The zero-order chi connectivity index (χ0) is 16.8. The van der Waals surface area contributed by atoms with Gasteiger partial charge in [0.15, 0.2) is 0 Å². The van der Waals surface area contributed by atoms with E-state index in [2.05, 4.69) is 5.32 Å². The minimum absolute atomic E-state index is 0.00638. The number of likely N-dealkylation sites (tertiary alicyclic amines) is 1. The van der Waals surface area contributed by atoms with Crippen molar-refractivity contribution in [1.82, 2.24) is 10.2 Å². The van der Waals surface area contributed by atoms with E-state index < -0.39 is 0 Å². The largest absolute Gasteiger partial charge is 0.383 e. The van der Waals surface area contributed by atoms with E-state index in [-0.39, 0.29) is 23.8 Å². The van der Waals surface area contributed by atoms with Crippen molar-refractivity contribution in [2.45, 2.75) is 32.7 Å². The Labute approximate surface area is 138 Å². The van der Waals surface area contributed by atoms with E-state index in [1.54, 1.807) is 7.11 Å². The standard InChI is InChI=1S/C18H26N2O3/c1-13-4-7-15(8-5-13)18(22)20-12-16(9-6-14(20)2)17(21)19-10-11-23-3/h4-5,7-8,14,16H,6,9-12H2,1-3H3,(H,19,21)/t14-,16-/m0/s1. The third-order valence-electron chi connectivity index (χ3n) is 4.42. The minimum Gasteiger partial charge on any atom is -0.383 e. The van der Waals surface area contributed by atoms with E-state index in [0.29, 0.717) is 25.3 Å². The molecule has 0 aliphatic carbocycles. The van der Waals surface area contributed by atoms with Gasteiger partial charge in [0, 0.05) is 31.8 Å². The second-order valence-corrected chi connectivity index (χ2v) is 6.23. The third kappa shape index (κ3) is 4.55. The molecular formula is C18H26N2O3. The molecule has 5 heteroatoms. The average molecular weight is 318 g/mol. The summed E-state index contributed by atoms with van der Waals surface area (Å²) in [5, 5.41) is 2.87. The molecule has 5 nitrogen and oxygen atoms in total. The molecule has 1 saturated heterocycles. The zero-order valence-corrected chi connectivity index (χ0v) is 14.2. The summed E-state index contributed by atoms with van der Waals surface area (Å²) in [6.07, 6.45) is 1.66. The van der Waals surface area contributed by atoms with Crippen LogP contribution < -0.4 is 5.32 Å². The molecule has 0 radical (unpaired) electrons. The second-order valence-electron chi connectivity index (χ2n) is 6.23. The molecule has 1 aromatic carbocycles. The summed E-state index contributed by atoms with van der Waals surface area (Å²) in [5.74, 6) is -0.125. The van der Waals surface area contributed by atoms with Crippen molar-refractivity contribution in [2.24, 2.45) is 5.92 Å². The van der Waals surface area contributed by atoms with Gasteiger partial charge in [-0.2, -0.15) is 0 Å². The Morgan fingerprint density at radius 1 is 1.26 bits per heavy atom. The number of nitrogens with one attached hydrogen (secondary N) is 1. The first-order valence-electron chi connectivity index (χ1n) is 8.17. The topological polar surface area (TPSA) is 58.6 Å². The predicted octanol–water partition coefficient (Wildman–Crippen LogP) is 2.00. The van der Waals surface area contributed by atoms with Crippen molar-refractivity contribution in [2.75, 3.05) is 26.8 Å². The van der Waals surface area contributed by atoms with Gasteiger partial charge in [-0.25, -0.2) is 0 Å². The van der Waals surface area contributed by atoms with Gasteiger partial charge >= 0.3 is 0 Å². The highest BCUT2D eigenvalue weighted by Crippen LogP contribution is 2.24. The monoisotopic (exact) mass is 318 g/mol. The van der Waals surface area contributed by atoms with Crippen molar-refractivity contribution < 1.29 is 14.3 Å². The van der Waals surface area contributed by atoms with Crippen LogP contribution >= 0.6 is 0 Å². The maximum absolute atomic E-state index is 12.7. The normalized spacial score (nSPS) is 21.1. The maximum Gasteiger partial charge on any atom is 0.254 e. The third-order valence-corrected chi connectivity index (χ3v) is 4.42. The van der Waals surface area contributed by atoms with E-state index in [1.807, 2.05) is 43.0 Å². The van der Waals surface area contributed by atoms with Crippen LogP contribution in [0.3, 0.4) is 0 Å². The Hall–Kier alpha value is -1.88. The maximum atomic E-state index is 12.7. The summed E-state index contributed by atoms with van der Waals surface area (Å²) >= 11 is 0. The lowest BCUT2D eigenvalue weighted by atomic mass is 9.92. The van der Waals surface area contributed by atoms with Gasteiger partial charge in [-0.15, -0.1) is 0 Å². The first-order chi connectivity index (χ1) is 11.0. The molecule has 0 unspecified atom stereocenters. The Balaban J connectivity index is 2.01. The number of piperidine rings is 1. The van der Waals surface area contributed by atoms with E-state index in [9.17, 15) is 9.59 Å². The number of amides is 2. The lowest BCUT2D eigenvalue weighted by Crippen LogP contribution is -2.49. The van der Waals surface area contributed by atoms with Crippen LogP contribution in [-0.4, -0.2) is 49.6 Å². The molecule has 2 rings (SSSR count). The van der Waals surface area contributed by atoms with Crippen LogP contribution in [0.2, 0.25) is 0 Å². The summed E-state index contributed by atoms with van der Waals surface area (Å²) in [7, 11) is 1.61. The van der Waals surface area contributed by atoms with Crippen molar-refractivity contribution in [3.8, 4) is 0 Å². The number of ether oxygens (including phenoxy) is 1. The average Bonchev–Trinajstić information content (AvgIpc) is 2.55. The molecular weight excluding hydrogens is 292 g/mol. The summed E-state index contributed by atoms with van der Waals surface area (Å²) < 4.78 is 4.94. The van der Waals surface area contributed by atoms with E-state index in [0.717, 1.165) is 18.4 Å². The molecule has 126 valence electrons. The number of hydrogen-bond donors (Lipinski definition) is 1. The lowest BCUT2D eigenvalue weighted by molar-refractivity contribution is -0.126. The summed E-state index contributed by atoms with van der Waals surface area (Å²) in [5.41, 5.74) is 1.81. The molecule has 1 aromatic rings. The fourth-order valence-corrected chi connectivity index (χ4v) is 2.89. The Bertz CT molecular complexity index is 542. The predicted molar refractivity (Wildman–Crippen MR) is 89.3 cm³/mol. The quantitative estimate of drug-likeness (QED) is 0.845. The zero-order valence-electron chi connectivity index (χ0n) is 14.2.